The molecular weight excluding hydrogens is 157 g/mol. The van der Waals surface area contributed by atoms with Crippen LogP contribution in [0.25, 0.3) is 0 Å². The van der Waals surface area contributed by atoms with E-state index in [1.54, 1.807) is 0 Å². The summed E-state index contributed by atoms with van der Waals surface area (Å²) in [5.41, 5.74) is 0. The van der Waals surface area contributed by atoms with E-state index in [-0.39, 0.29) is 63.1 Å². The molecule has 5 heteroatoms. The van der Waals surface area contributed by atoms with Crippen LogP contribution >= 0.6 is 0 Å². The van der Waals surface area contributed by atoms with Crippen LogP contribution in [0.1, 0.15) is 0 Å². The Balaban J connectivity index is 0. The summed E-state index contributed by atoms with van der Waals surface area (Å²) in [4.78, 5) is 0. The van der Waals surface area contributed by atoms with Gasteiger partial charge in [0, 0.05) is 52.1 Å². The van der Waals surface area contributed by atoms with E-state index in [2.05, 4.69) is 0 Å². The van der Waals surface area contributed by atoms with E-state index >= 15 is 0 Å². The molecule has 0 aliphatic heterocycles. The third kappa shape index (κ3) is 29.6. The first-order chi connectivity index (χ1) is 0. The Morgan fingerprint density at radius 3 is 0.800 bits per heavy atom. The summed E-state index contributed by atoms with van der Waals surface area (Å²) in [6.45, 7) is 0. The second-order valence-electron chi connectivity index (χ2n) is 0. The van der Waals surface area contributed by atoms with E-state index in [1.165, 1.54) is 0 Å². The minimum atomic E-state index is 0. The molecule has 0 saturated carbocycles. The van der Waals surface area contributed by atoms with Gasteiger partial charge in [0.25, 0.3) is 0 Å². The summed E-state index contributed by atoms with van der Waals surface area (Å²) in [5, 5.41) is 0. The molecule has 2 radical (unpaired) electrons. The second kappa shape index (κ2) is 48.9. The quantitative estimate of drug-likeness (QED) is 0.367. The molecule has 5 heavy (non-hydrogen) atoms. The molecule has 0 aliphatic rings. The van der Waals surface area contributed by atoms with Gasteiger partial charge in [0.1, 0.15) is 0 Å². The molecule has 0 aromatic carbocycles. The van der Waals surface area contributed by atoms with Crippen molar-refractivity contribution in [2.45, 2.75) is 0 Å². The third-order valence-corrected chi connectivity index (χ3v) is 0. The minimum absolute atomic E-state index is 0. The largest absolute Gasteiger partial charge is 0.412 e. The van der Waals surface area contributed by atoms with Crippen molar-refractivity contribution in [1.82, 2.24) is 0 Å². The molecule has 0 rings (SSSR count). The van der Waals surface area contributed by atoms with Gasteiger partial charge in [-0.3, -0.25) is 0 Å². The zero-order chi connectivity index (χ0) is 0. The maximum atomic E-state index is 0. The van der Waals surface area contributed by atoms with E-state index in [0.717, 1.165) is 0 Å². The summed E-state index contributed by atoms with van der Waals surface area (Å²) < 4.78 is 0. The van der Waals surface area contributed by atoms with E-state index < -0.39 is 0 Å². The standard InChI is InChI=1S/Co.Li.Ni.2H2O/h;;;2*1H2. The predicted octanol–water partition coefficient (Wildman–Crippen LogP) is -2.04. The first kappa shape index (κ1) is 86.2. The van der Waals surface area contributed by atoms with Crippen molar-refractivity contribution in [2.75, 3.05) is 0 Å². The topological polar surface area (TPSA) is 63.0 Å². The maximum absolute atomic E-state index is 0. The van der Waals surface area contributed by atoms with Crippen LogP contribution in [0.5, 0.6) is 0 Å². The van der Waals surface area contributed by atoms with Gasteiger partial charge in [-0.15, -0.1) is 0 Å². The second-order valence-corrected chi connectivity index (χ2v) is 0. The normalized spacial score (nSPS) is 0. The van der Waals surface area contributed by atoms with Crippen molar-refractivity contribution < 1.29 is 44.2 Å². The average Bonchev–Trinajstić information content (AvgIpc) is 0. The molecule has 0 unspecified atom stereocenters. The van der Waals surface area contributed by atoms with Crippen molar-refractivity contribution >= 4 is 18.9 Å². The molecule has 0 heterocycles. The van der Waals surface area contributed by atoms with Gasteiger partial charge in [-0.2, -0.15) is 0 Å². The van der Waals surface area contributed by atoms with Gasteiger partial charge in [-0.25, -0.2) is 0 Å². The van der Waals surface area contributed by atoms with Crippen molar-refractivity contribution in [3.63, 3.8) is 0 Å². The predicted molar refractivity (Wildman–Crippen MR) is 13.0 cm³/mol. The van der Waals surface area contributed by atoms with Crippen molar-refractivity contribution in [2.24, 2.45) is 0 Å². The van der Waals surface area contributed by atoms with Crippen LogP contribution in [0, 0.1) is 0 Å². The molecule has 4 N–H and O–H groups in total. The Kier molecular flexibility index (Phi) is 843. The van der Waals surface area contributed by atoms with Gasteiger partial charge in [-0.05, 0) is 0 Å². The van der Waals surface area contributed by atoms with Gasteiger partial charge >= 0.3 is 0 Å². The van der Waals surface area contributed by atoms with E-state index in [0.29, 0.717) is 0 Å². The number of rotatable bonds is 0. The third-order valence-electron chi connectivity index (χ3n) is 0. The monoisotopic (exact) mass is 160 g/mol. The Morgan fingerprint density at radius 2 is 0.800 bits per heavy atom. The molecule has 36 valence electrons. The van der Waals surface area contributed by atoms with E-state index in [9.17, 15) is 0 Å². The Morgan fingerprint density at radius 1 is 0.800 bits per heavy atom. The summed E-state index contributed by atoms with van der Waals surface area (Å²) in [7, 11) is 0. The molecule has 0 amide bonds. The SMILES string of the molecule is O.O.[Co].[Li].[Ni]. The van der Waals surface area contributed by atoms with Gasteiger partial charge < -0.3 is 11.0 Å². The first-order valence-electron chi connectivity index (χ1n) is 0. The van der Waals surface area contributed by atoms with Gasteiger partial charge in [0.15, 0.2) is 0 Å². The molecule has 0 atom stereocenters. The van der Waals surface area contributed by atoms with Crippen LogP contribution in [0.2, 0.25) is 0 Å². The molecule has 0 aromatic rings. The first-order valence-corrected chi connectivity index (χ1v) is 0. The smallest absolute Gasteiger partial charge is 0 e. The van der Waals surface area contributed by atoms with Crippen molar-refractivity contribution in [1.29, 1.82) is 0 Å². The van der Waals surface area contributed by atoms with Crippen LogP contribution in [-0.2, 0) is 33.3 Å². The van der Waals surface area contributed by atoms with Crippen LogP contribution in [0.4, 0.5) is 0 Å². The molecule has 0 bridgehead atoms. The van der Waals surface area contributed by atoms with Crippen LogP contribution in [0.3, 0.4) is 0 Å². The van der Waals surface area contributed by atoms with Crippen molar-refractivity contribution in [3.05, 3.63) is 0 Å². The molecule has 0 spiro atoms. The Labute approximate surface area is 63.0 Å². The van der Waals surface area contributed by atoms with E-state index in [4.69, 9.17) is 0 Å². The zero-order valence-electron chi connectivity index (χ0n) is 2.65. The number of hydrogen-bond acceptors (Lipinski definition) is 0. The molecule has 0 saturated heterocycles. The molecule has 0 aromatic heterocycles. The fourth-order valence-electron chi connectivity index (χ4n) is 0. The van der Waals surface area contributed by atoms with Crippen LogP contribution in [-0.4, -0.2) is 29.8 Å². The summed E-state index contributed by atoms with van der Waals surface area (Å²) >= 11 is 0. The summed E-state index contributed by atoms with van der Waals surface area (Å²) in [5.74, 6) is 0. The Bertz CT molecular complexity index is 9.61. The van der Waals surface area contributed by atoms with Crippen LogP contribution in [0.15, 0.2) is 0 Å². The number of hydrogen-bond donors (Lipinski definition) is 0. The summed E-state index contributed by atoms with van der Waals surface area (Å²) in [6.07, 6.45) is 0. The fourth-order valence-corrected chi connectivity index (χ4v) is 0. The van der Waals surface area contributed by atoms with Crippen molar-refractivity contribution in [3.8, 4) is 0 Å². The molecule has 2 nitrogen and oxygen atoms in total. The molecule has 0 fully saturated rings. The van der Waals surface area contributed by atoms with Gasteiger partial charge in [-0.1, -0.05) is 0 Å². The summed E-state index contributed by atoms with van der Waals surface area (Å²) in [6, 6.07) is 0. The zero-order valence-corrected chi connectivity index (χ0v) is 4.68. The Hall–Kier alpha value is 1.52. The molecule has 0 aliphatic carbocycles. The fraction of sp³-hybridized carbons (Fsp3) is 0. The minimum Gasteiger partial charge on any atom is -0.412 e. The van der Waals surface area contributed by atoms with Crippen LogP contribution < -0.4 is 0 Å². The van der Waals surface area contributed by atoms with E-state index in [1.807, 2.05) is 0 Å². The van der Waals surface area contributed by atoms with Gasteiger partial charge in [0.05, 0.1) is 0 Å². The molecular formula is H4CoLiNiO2. The average molecular weight is 161 g/mol. The van der Waals surface area contributed by atoms with Gasteiger partial charge in [0.2, 0.25) is 0 Å². The maximum Gasteiger partial charge on any atom is 0 e.